The fourth-order valence-electron chi connectivity index (χ4n) is 3.06. The van der Waals surface area contributed by atoms with Crippen LogP contribution in [-0.2, 0) is 13.0 Å². The van der Waals surface area contributed by atoms with Gasteiger partial charge in [0.15, 0.2) is 0 Å². The third kappa shape index (κ3) is 2.30. The van der Waals surface area contributed by atoms with E-state index in [4.69, 9.17) is 0 Å². The van der Waals surface area contributed by atoms with E-state index in [0.717, 1.165) is 12.5 Å². The predicted molar refractivity (Wildman–Crippen MR) is 67.7 cm³/mol. The Kier molecular flexibility index (Phi) is 3.25. The third-order valence-corrected chi connectivity index (χ3v) is 4.86. The summed E-state index contributed by atoms with van der Waals surface area (Å²) in [5, 5.41) is 0. The number of hydrogen-bond donors (Lipinski definition) is 0. The standard InChI is InChI=1S/C13H20N2S/c1-2-4-11(5-3-1)8-15-7-6-12-13(9-15)16-10-14-12/h10-11H,1-9H2. The van der Waals surface area contributed by atoms with Crippen LogP contribution in [0.3, 0.4) is 0 Å². The van der Waals surface area contributed by atoms with Crippen molar-refractivity contribution in [3.63, 3.8) is 0 Å². The zero-order chi connectivity index (χ0) is 10.8. The quantitative estimate of drug-likeness (QED) is 0.784. The second kappa shape index (κ2) is 4.84. The second-order valence-corrected chi connectivity index (χ2v) is 6.15. The van der Waals surface area contributed by atoms with Gasteiger partial charge in [-0.2, -0.15) is 0 Å². The topological polar surface area (TPSA) is 16.1 Å². The van der Waals surface area contributed by atoms with Gasteiger partial charge < -0.3 is 0 Å². The lowest BCUT2D eigenvalue weighted by molar-refractivity contribution is 0.188. The van der Waals surface area contributed by atoms with E-state index in [1.807, 2.05) is 16.8 Å². The number of rotatable bonds is 2. The molecule has 1 aromatic rings. The van der Waals surface area contributed by atoms with E-state index in [9.17, 15) is 0 Å². The molecule has 2 heterocycles. The number of nitrogens with zero attached hydrogens (tertiary/aromatic N) is 2. The number of aromatic nitrogens is 1. The van der Waals surface area contributed by atoms with Gasteiger partial charge in [-0.05, 0) is 18.8 Å². The summed E-state index contributed by atoms with van der Waals surface area (Å²) in [5.41, 5.74) is 3.37. The van der Waals surface area contributed by atoms with Crippen molar-refractivity contribution in [2.45, 2.75) is 45.1 Å². The molecule has 0 amide bonds. The van der Waals surface area contributed by atoms with Crippen molar-refractivity contribution in [3.8, 4) is 0 Å². The summed E-state index contributed by atoms with van der Waals surface area (Å²) in [7, 11) is 0. The summed E-state index contributed by atoms with van der Waals surface area (Å²) in [4.78, 5) is 8.59. The zero-order valence-corrected chi connectivity index (χ0v) is 10.6. The average Bonchev–Trinajstić information content (AvgIpc) is 2.77. The van der Waals surface area contributed by atoms with Crippen LogP contribution in [0, 0.1) is 5.92 Å². The van der Waals surface area contributed by atoms with Gasteiger partial charge in [0.2, 0.25) is 0 Å². The summed E-state index contributed by atoms with van der Waals surface area (Å²) in [6.45, 7) is 3.72. The van der Waals surface area contributed by atoms with Gasteiger partial charge in [0.05, 0.1) is 11.2 Å². The largest absolute Gasteiger partial charge is 0.298 e. The molecule has 0 N–H and O–H groups in total. The Balaban J connectivity index is 1.57. The minimum absolute atomic E-state index is 0.975. The lowest BCUT2D eigenvalue weighted by Crippen LogP contribution is -2.34. The molecule has 3 rings (SSSR count). The molecule has 1 aromatic heterocycles. The first kappa shape index (κ1) is 10.7. The fraction of sp³-hybridized carbons (Fsp3) is 0.769. The van der Waals surface area contributed by atoms with E-state index < -0.39 is 0 Å². The summed E-state index contributed by atoms with van der Waals surface area (Å²) in [6.07, 6.45) is 8.49. The van der Waals surface area contributed by atoms with Crippen molar-refractivity contribution in [2.24, 2.45) is 5.92 Å². The first-order valence-corrected chi connectivity index (χ1v) is 7.43. The maximum Gasteiger partial charge on any atom is 0.0798 e. The first-order chi connectivity index (χ1) is 7.92. The van der Waals surface area contributed by atoms with Gasteiger partial charge in [-0.15, -0.1) is 11.3 Å². The summed E-state index contributed by atoms with van der Waals surface area (Å²) in [6, 6.07) is 0. The molecule has 0 unspecified atom stereocenters. The van der Waals surface area contributed by atoms with Gasteiger partial charge in [-0.25, -0.2) is 4.98 Å². The molecule has 0 bridgehead atoms. The van der Waals surface area contributed by atoms with E-state index in [-0.39, 0.29) is 0 Å². The molecule has 2 nitrogen and oxygen atoms in total. The highest BCUT2D eigenvalue weighted by molar-refractivity contribution is 7.09. The van der Waals surface area contributed by atoms with E-state index in [1.54, 1.807) is 0 Å². The van der Waals surface area contributed by atoms with E-state index in [1.165, 1.54) is 62.2 Å². The number of thiazole rings is 1. The van der Waals surface area contributed by atoms with Crippen molar-refractivity contribution < 1.29 is 0 Å². The van der Waals surface area contributed by atoms with E-state index >= 15 is 0 Å². The summed E-state index contributed by atoms with van der Waals surface area (Å²) >= 11 is 1.84. The normalized spacial score (nSPS) is 23.2. The minimum Gasteiger partial charge on any atom is -0.298 e. The van der Waals surface area contributed by atoms with Gasteiger partial charge in [-0.3, -0.25) is 4.90 Å². The van der Waals surface area contributed by atoms with Crippen LogP contribution >= 0.6 is 11.3 Å². The Morgan fingerprint density at radius 1 is 1.31 bits per heavy atom. The third-order valence-electron chi connectivity index (χ3n) is 4.00. The lowest BCUT2D eigenvalue weighted by atomic mass is 9.88. The highest BCUT2D eigenvalue weighted by atomic mass is 32.1. The maximum atomic E-state index is 4.43. The minimum atomic E-state index is 0.975. The SMILES string of the molecule is c1nc2c(s1)CN(CC1CCCCC1)CC2. The molecule has 1 aliphatic carbocycles. The molecular formula is C13H20N2S. The number of hydrogen-bond acceptors (Lipinski definition) is 3. The Hall–Kier alpha value is -0.410. The molecule has 0 spiro atoms. The van der Waals surface area contributed by atoms with Crippen molar-refractivity contribution in [1.29, 1.82) is 0 Å². The molecule has 0 radical (unpaired) electrons. The van der Waals surface area contributed by atoms with Crippen LogP contribution < -0.4 is 0 Å². The van der Waals surface area contributed by atoms with Crippen LogP contribution in [0.15, 0.2) is 5.51 Å². The Morgan fingerprint density at radius 3 is 3.06 bits per heavy atom. The molecular weight excluding hydrogens is 216 g/mol. The maximum absolute atomic E-state index is 4.43. The van der Waals surface area contributed by atoms with Crippen LogP contribution in [0.5, 0.6) is 0 Å². The van der Waals surface area contributed by atoms with Gasteiger partial charge in [0.1, 0.15) is 0 Å². The van der Waals surface area contributed by atoms with Crippen molar-refractivity contribution in [3.05, 3.63) is 16.1 Å². The van der Waals surface area contributed by atoms with Gasteiger partial charge in [-0.1, -0.05) is 19.3 Å². The Morgan fingerprint density at radius 2 is 2.19 bits per heavy atom. The average molecular weight is 236 g/mol. The van der Waals surface area contributed by atoms with E-state index in [2.05, 4.69) is 9.88 Å². The molecule has 0 atom stereocenters. The Labute approximate surface area is 102 Å². The fourth-order valence-corrected chi connectivity index (χ4v) is 3.92. The molecule has 0 saturated heterocycles. The van der Waals surface area contributed by atoms with Crippen LogP contribution in [0.1, 0.15) is 42.7 Å². The molecule has 1 fully saturated rings. The van der Waals surface area contributed by atoms with Crippen LogP contribution in [0.2, 0.25) is 0 Å². The lowest BCUT2D eigenvalue weighted by Gasteiger charge is -2.31. The molecule has 3 heteroatoms. The molecule has 1 saturated carbocycles. The van der Waals surface area contributed by atoms with Crippen molar-refractivity contribution >= 4 is 11.3 Å². The smallest absolute Gasteiger partial charge is 0.0798 e. The molecule has 0 aromatic carbocycles. The van der Waals surface area contributed by atoms with Crippen molar-refractivity contribution in [2.75, 3.05) is 13.1 Å². The molecule has 2 aliphatic rings. The number of fused-ring (bicyclic) bond motifs is 1. The summed E-state index contributed by atoms with van der Waals surface area (Å²) in [5.74, 6) is 0.975. The second-order valence-electron chi connectivity index (χ2n) is 5.21. The van der Waals surface area contributed by atoms with Crippen LogP contribution in [0.25, 0.3) is 0 Å². The Bertz CT molecular complexity index is 341. The zero-order valence-electron chi connectivity index (χ0n) is 9.82. The molecule has 88 valence electrons. The first-order valence-electron chi connectivity index (χ1n) is 6.55. The van der Waals surface area contributed by atoms with Crippen LogP contribution in [-0.4, -0.2) is 23.0 Å². The van der Waals surface area contributed by atoms with Gasteiger partial charge in [0.25, 0.3) is 0 Å². The highest BCUT2D eigenvalue weighted by Gasteiger charge is 2.22. The molecule has 16 heavy (non-hydrogen) atoms. The van der Waals surface area contributed by atoms with Gasteiger partial charge in [0, 0.05) is 30.9 Å². The predicted octanol–water partition coefficient (Wildman–Crippen LogP) is 3.08. The molecule has 1 aliphatic heterocycles. The van der Waals surface area contributed by atoms with Crippen molar-refractivity contribution in [1.82, 2.24) is 9.88 Å². The highest BCUT2D eigenvalue weighted by Crippen LogP contribution is 2.27. The summed E-state index contributed by atoms with van der Waals surface area (Å²) < 4.78 is 0. The van der Waals surface area contributed by atoms with Gasteiger partial charge >= 0.3 is 0 Å². The monoisotopic (exact) mass is 236 g/mol. The van der Waals surface area contributed by atoms with Crippen LogP contribution in [0.4, 0.5) is 0 Å². The van der Waals surface area contributed by atoms with E-state index in [0.29, 0.717) is 0 Å².